The third-order valence-electron chi connectivity index (χ3n) is 4.52. The van der Waals surface area contributed by atoms with Crippen molar-refractivity contribution in [2.24, 2.45) is 0 Å². The summed E-state index contributed by atoms with van der Waals surface area (Å²) in [6.45, 7) is 0.194. The van der Waals surface area contributed by atoms with Crippen LogP contribution in [-0.2, 0) is 16.2 Å². The van der Waals surface area contributed by atoms with E-state index < -0.39 is 11.8 Å². The number of benzene rings is 3. The number of nitrogens with one attached hydrogen (secondary N) is 1. The number of nitrogens with zero attached hydrogens (tertiary/aromatic N) is 1. The van der Waals surface area contributed by atoms with Gasteiger partial charge >= 0.3 is 0 Å². The molecule has 4 rings (SSSR count). The Kier molecular flexibility index (Phi) is 5.74. The van der Waals surface area contributed by atoms with Crippen molar-refractivity contribution in [3.63, 3.8) is 0 Å². The van der Waals surface area contributed by atoms with Gasteiger partial charge in [0.15, 0.2) is 0 Å². The average molecular weight is 439 g/mol. The predicted molar refractivity (Wildman–Crippen MR) is 117 cm³/mol. The first-order chi connectivity index (χ1) is 14.5. The van der Waals surface area contributed by atoms with E-state index in [-0.39, 0.29) is 12.2 Å². The number of hydrazine groups is 1. The molecule has 1 aliphatic heterocycles. The van der Waals surface area contributed by atoms with Gasteiger partial charge in [-0.05, 0) is 48.0 Å². The van der Waals surface area contributed by atoms with Crippen molar-refractivity contribution < 1.29 is 14.3 Å². The van der Waals surface area contributed by atoms with E-state index in [1.807, 2.05) is 6.07 Å². The average Bonchev–Trinajstić information content (AvgIpc) is 3.03. The summed E-state index contributed by atoms with van der Waals surface area (Å²) in [6, 6.07) is 21.3. The van der Waals surface area contributed by atoms with Crippen molar-refractivity contribution in [3.8, 4) is 5.75 Å². The molecule has 1 N–H and O–H groups in total. The molecule has 5 nitrogen and oxygen atoms in total. The van der Waals surface area contributed by atoms with Crippen LogP contribution in [0.3, 0.4) is 0 Å². The van der Waals surface area contributed by atoms with Crippen molar-refractivity contribution in [2.75, 3.05) is 5.01 Å². The number of amides is 2. The zero-order valence-electron chi connectivity index (χ0n) is 15.6. The predicted octanol–water partition coefficient (Wildman–Crippen LogP) is 5.03. The van der Waals surface area contributed by atoms with E-state index in [9.17, 15) is 9.59 Å². The Morgan fingerprint density at radius 2 is 1.60 bits per heavy atom. The Bertz CT molecular complexity index is 1130. The number of hydrogen-bond acceptors (Lipinski definition) is 3. The molecule has 0 bridgehead atoms. The molecule has 1 saturated heterocycles. The third-order valence-corrected chi connectivity index (χ3v) is 5.23. The Morgan fingerprint density at radius 3 is 2.33 bits per heavy atom. The molecule has 150 valence electrons. The molecule has 3 aromatic carbocycles. The van der Waals surface area contributed by atoms with Crippen molar-refractivity contribution in [1.82, 2.24) is 5.43 Å². The van der Waals surface area contributed by atoms with Crippen LogP contribution in [-0.4, -0.2) is 11.8 Å². The molecule has 0 aliphatic carbocycles. The number of anilines is 1. The van der Waals surface area contributed by atoms with Gasteiger partial charge < -0.3 is 4.74 Å². The molecule has 0 aromatic heterocycles. The van der Waals surface area contributed by atoms with E-state index in [0.717, 1.165) is 0 Å². The minimum absolute atomic E-state index is 0.0464. The van der Waals surface area contributed by atoms with Gasteiger partial charge in [0.2, 0.25) is 0 Å². The summed E-state index contributed by atoms with van der Waals surface area (Å²) in [7, 11) is 0. The summed E-state index contributed by atoms with van der Waals surface area (Å²) >= 11 is 12.4. The summed E-state index contributed by atoms with van der Waals surface area (Å²) in [5.41, 5.74) is 4.56. The summed E-state index contributed by atoms with van der Waals surface area (Å²) in [6.07, 6.45) is 1.54. The van der Waals surface area contributed by atoms with E-state index in [1.165, 1.54) is 11.1 Å². The SMILES string of the molecule is O=C1NN(c2ccccc2)C(=O)/C1=C/c1cccc(OCc2c(Cl)cccc2Cl)c1. The van der Waals surface area contributed by atoms with Crippen molar-refractivity contribution >= 4 is 46.8 Å². The lowest BCUT2D eigenvalue weighted by molar-refractivity contribution is -0.117. The number of para-hydroxylation sites is 1. The highest BCUT2D eigenvalue weighted by Crippen LogP contribution is 2.27. The molecule has 7 heteroatoms. The van der Waals surface area contributed by atoms with Gasteiger partial charge in [-0.25, -0.2) is 5.01 Å². The second-order valence-electron chi connectivity index (χ2n) is 6.54. The van der Waals surface area contributed by atoms with E-state index in [4.69, 9.17) is 27.9 Å². The molecule has 0 radical (unpaired) electrons. The normalized spacial score (nSPS) is 14.9. The summed E-state index contributed by atoms with van der Waals surface area (Å²) in [5.74, 6) is -0.315. The zero-order chi connectivity index (χ0) is 21.1. The third kappa shape index (κ3) is 4.17. The van der Waals surface area contributed by atoms with Gasteiger partial charge in [0.25, 0.3) is 11.8 Å². The maximum Gasteiger partial charge on any atom is 0.282 e. The lowest BCUT2D eigenvalue weighted by atomic mass is 10.1. The van der Waals surface area contributed by atoms with Gasteiger partial charge in [-0.15, -0.1) is 0 Å². The number of hydrogen-bond donors (Lipinski definition) is 1. The van der Waals surface area contributed by atoms with Crippen LogP contribution in [0.15, 0.2) is 78.4 Å². The highest BCUT2D eigenvalue weighted by atomic mass is 35.5. The lowest BCUT2D eigenvalue weighted by Gasteiger charge is -2.13. The second kappa shape index (κ2) is 8.61. The molecule has 0 unspecified atom stereocenters. The smallest absolute Gasteiger partial charge is 0.282 e. The van der Waals surface area contributed by atoms with E-state index in [2.05, 4.69) is 5.43 Å². The van der Waals surface area contributed by atoms with Gasteiger partial charge in [0, 0.05) is 15.6 Å². The van der Waals surface area contributed by atoms with Crippen LogP contribution < -0.4 is 15.2 Å². The molecule has 1 heterocycles. The standard InChI is InChI=1S/C23H16Cl2N2O3/c24-20-10-5-11-21(25)19(20)14-30-17-9-4-6-15(12-17)13-18-22(28)26-27(23(18)29)16-7-2-1-3-8-16/h1-13H,14H2,(H,26,28)/b18-13+. The molecule has 1 fully saturated rings. The fourth-order valence-corrected chi connectivity index (χ4v) is 3.51. The number of rotatable bonds is 5. The van der Waals surface area contributed by atoms with Gasteiger partial charge in [-0.2, -0.15) is 0 Å². The first-order valence-electron chi connectivity index (χ1n) is 9.11. The highest BCUT2D eigenvalue weighted by molar-refractivity contribution is 6.36. The summed E-state index contributed by atoms with van der Waals surface area (Å²) in [5, 5.41) is 2.28. The van der Waals surface area contributed by atoms with E-state index in [1.54, 1.807) is 66.7 Å². The van der Waals surface area contributed by atoms with Crippen LogP contribution in [0.4, 0.5) is 5.69 Å². The summed E-state index contributed by atoms with van der Waals surface area (Å²) < 4.78 is 5.81. The first-order valence-corrected chi connectivity index (χ1v) is 9.86. The molecule has 0 atom stereocenters. The van der Waals surface area contributed by atoms with Crippen LogP contribution in [0.5, 0.6) is 5.75 Å². The molecule has 0 saturated carbocycles. The Morgan fingerprint density at radius 1 is 0.900 bits per heavy atom. The Hall–Kier alpha value is -3.28. The first kappa shape index (κ1) is 20.0. The van der Waals surface area contributed by atoms with Gasteiger partial charge in [0.1, 0.15) is 17.9 Å². The number of halogens is 2. The quantitative estimate of drug-likeness (QED) is 0.448. The number of ether oxygens (including phenoxy) is 1. The van der Waals surface area contributed by atoms with Crippen LogP contribution >= 0.6 is 23.2 Å². The highest BCUT2D eigenvalue weighted by Gasteiger charge is 2.34. The number of carbonyl (C=O) groups excluding carboxylic acids is 2. The molecule has 2 amide bonds. The molecule has 30 heavy (non-hydrogen) atoms. The second-order valence-corrected chi connectivity index (χ2v) is 7.35. The molecule has 0 spiro atoms. The maximum absolute atomic E-state index is 12.7. The van der Waals surface area contributed by atoms with Gasteiger partial charge in [-0.1, -0.05) is 59.6 Å². The minimum atomic E-state index is -0.460. The Labute approximate surface area is 183 Å². The van der Waals surface area contributed by atoms with Crippen LogP contribution in [0, 0.1) is 0 Å². The fourth-order valence-electron chi connectivity index (χ4n) is 3.00. The lowest BCUT2D eigenvalue weighted by Crippen LogP contribution is -2.35. The van der Waals surface area contributed by atoms with E-state index >= 15 is 0 Å². The van der Waals surface area contributed by atoms with Crippen molar-refractivity contribution in [3.05, 3.63) is 99.5 Å². The molecular weight excluding hydrogens is 423 g/mol. The molecule has 1 aliphatic rings. The summed E-state index contributed by atoms with van der Waals surface area (Å²) in [4.78, 5) is 25.0. The van der Waals surface area contributed by atoms with Gasteiger partial charge in [-0.3, -0.25) is 15.0 Å². The maximum atomic E-state index is 12.7. The van der Waals surface area contributed by atoms with Gasteiger partial charge in [0.05, 0.1) is 5.69 Å². The van der Waals surface area contributed by atoms with Crippen LogP contribution in [0.1, 0.15) is 11.1 Å². The molecule has 3 aromatic rings. The molecular formula is C23H16Cl2N2O3. The van der Waals surface area contributed by atoms with Crippen LogP contribution in [0.25, 0.3) is 6.08 Å². The minimum Gasteiger partial charge on any atom is -0.489 e. The monoisotopic (exact) mass is 438 g/mol. The largest absolute Gasteiger partial charge is 0.489 e. The van der Waals surface area contributed by atoms with E-state index in [0.29, 0.717) is 32.6 Å². The Balaban J connectivity index is 1.53. The fraction of sp³-hybridized carbons (Fsp3) is 0.0435. The topological polar surface area (TPSA) is 58.6 Å². The van der Waals surface area contributed by atoms with Crippen molar-refractivity contribution in [2.45, 2.75) is 6.61 Å². The number of carbonyl (C=O) groups is 2. The zero-order valence-corrected chi connectivity index (χ0v) is 17.2. The van der Waals surface area contributed by atoms with Crippen LogP contribution in [0.2, 0.25) is 10.0 Å². The van der Waals surface area contributed by atoms with Crippen molar-refractivity contribution in [1.29, 1.82) is 0 Å².